The standard InChI is InChI=1S/C16H12ClN3O4/c1-10(24-14-4-2-3-13(8-14)20(22)23)16(21)19-12-6-5-11(9-18)15(17)7-12/h2-8,10H,1H3,(H,19,21)/t10-/m1/s1. The van der Waals surface area contributed by atoms with Crippen molar-refractivity contribution >= 4 is 28.9 Å². The van der Waals surface area contributed by atoms with Crippen LogP contribution in [0.25, 0.3) is 0 Å². The third kappa shape index (κ3) is 4.21. The van der Waals surface area contributed by atoms with Crippen molar-refractivity contribution in [3.8, 4) is 11.8 Å². The molecular formula is C16H12ClN3O4. The number of hydrogen-bond acceptors (Lipinski definition) is 5. The van der Waals surface area contributed by atoms with Crippen molar-refractivity contribution < 1.29 is 14.5 Å². The van der Waals surface area contributed by atoms with Gasteiger partial charge >= 0.3 is 0 Å². The van der Waals surface area contributed by atoms with E-state index in [9.17, 15) is 14.9 Å². The molecule has 0 aromatic heterocycles. The lowest BCUT2D eigenvalue weighted by Crippen LogP contribution is -2.30. The van der Waals surface area contributed by atoms with E-state index in [-0.39, 0.29) is 16.5 Å². The van der Waals surface area contributed by atoms with Gasteiger partial charge in [0.15, 0.2) is 6.10 Å². The zero-order valence-electron chi connectivity index (χ0n) is 12.5. The summed E-state index contributed by atoms with van der Waals surface area (Å²) in [7, 11) is 0. The Labute approximate surface area is 142 Å². The molecule has 2 aromatic rings. The lowest BCUT2D eigenvalue weighted by atomic mass is 10.2. The number of amides is 1. The van der Waals surface area contributed by atoms with Crippen molar-refractivity contribution in [2.75, 3.05) is 5.32 Å². The average molecular weight is 346 g/mol. The van der Waals surface area contributed by atoms with Crippen LogP contribution in [-0.2, 0) is 4.79 Å². The molecule has 1 atom stereocenters. The lowest BCUT2D eigenvalue weighted by molar-refractivity contribution is -0.384. The molecule has 0 saturated carbocycles. The van der Waals surface area contributed by atoms with Crippen LogP contribution < -0.4 is 10.1 Å². The van der Waals surface area contributed by atoms with Crippen LogP contribution in [0, 0.1) is 21.4 Å². The highest BCUT2D eigenvalue weighted by Gasteiger charge is 2.17. The molecule has 2 aromatic carbocycles. The van der Waals surface area contributed by atoms with E-state index in [0.717, 1.165) is 0 Å². The first-order chi connectivity index (χ1) is 11.4. The zero-order valence-corrected chi connectivity index (χ0v) is 13.3. The maximum atomic E-state index is 12.1. The van der Waals surface area contributed by atoms with Crippen LogP contribution in [-0.4, -0.2) is 16.9 Å². The smallest absolute Gasteiger partial charge is 0.273 e. The fourth-order valence-corrected chi connectivity index (χ4v) is 2.08. The summed E-state index contributed by atoms with van der Waals surface area (Å²) in [5, 5.41) is 22.4. The van der Waals surface area contributed by atoms with E-state index in [1.807, 2.05) is 6.07 Å². The number of anilines is 1. The molecule has 122 valence electrons. The summed E-state index contributed by atoms with van der Waals surface area (Å²) in [6.45, 7) is 1.51. The van der Waals surface area contributed by atoms with Crippen molar-refractivity contribution in [1.82, 2.24) is 0 Å². The average Bonchev–Trinajstić information content (AvgIpc) is 2.55. The zero-order chi connectivity index (χ0) is 17.7. The van der Waals surface area contributed by atoms with Gasteiger partial charge in [0.05, 0.1) is 21.6 Å². The van der Waals surface area contributed by atoms with Crippen LogP contribution in [0.3, 0.4) is 0 Å². The molecule has 0 heterocycles. The molecule has 0 radical (unpaired) electrons. The van der Waals surface area contributed by atoms with Gasteiger partial charge in [-0.3, -0.25) is 14.9 Å². The summed E-state index contributed by atoms with van der Waals surface area (Å²) in [4.78, 5) is 22.3. The molecule has 24 heavy (non-hydrogen) atoms. The third-order valence-corrected chi connectivity index (χ3v) is 3.38. The number of halogens is 1. The quantitative estimate of drug-likeness (QED) is 0.659. The van der Waals surface area contributed by atoms with Gasteiger partial charge in [-0.2, -0.15) is 5.26 Å². The van der Waals surface area contributed by atoms with Crippen LogP contribution in [0.4, 0.5) is 11.4 Å². The molecule has 7 nitrogen and oxygen atoms in total. The first-order valence-electron chi connectivity index (χ1n) is 6.82. The van der Waals surface area contributed by atoms with E-state index < -0.39 is 16.9 Å². The van der Waals surface area contributed by atoms with Crippen LogP contribution in [0.15, 0.2) is 42.5 Å². The second kappa shape index (κ2) is 7.44. The Morgan fingerprint density at radius 3 is 2.75 bits per heavy atom. The predicted octanol–water partition coefficient (Wildman–Crippen LogP) is 3.53. The van der Waals surface area contributed by atoms with Gasteiger partial charge in [-0.1, -0.05) is 17.7 Å². The van der Waals surface area contributed by atoms with E-state index in [4.69, 9.17) is 21.6 Å². The molecular weight excluding hydrogens is 334 g/mol. The molecule has 0 aliphatic heterocycles. The van der Waals surface area contributed by atoms with E-state index in [1.165, 1.54) is 43.3 Å². The minimum Gasteiger partial charge on any atom is -0.481 e. The van der Waals surface area contributed by atoms with E-state index in [1.54, 1.807) is 6.07 Å². The highest BCUT2D eigenvalue weighted by molar-refractivity contribution is 6.32. The Balaban J connectivity index is 2.05. The largest absolute Gasteiger partial charge is 0.481 e. The summed E-state index contributed by atoms with van der Waals surface area (Å²) in [5.41, 5.74) is 0.591. The number of nitrogens with one attached hydrogen (secondary N) is 1. The predicted molar refractivity (Wildman–Crippen MR) is 88.0 cm³/mol. The summed E-state index contributed by atoms with van der Waals surface area (Å²) in [5.74, 6) is -0.244. The SMILES string of the molecule is C[C@@H](Oc1cccc([N+](=O)[O-])c1)C(=O)Nc1ccc(C#N)c(Cl)c1. The topological polar surface area (TPSA) is 105 Å². The van der Waals surface area contributed by atoms with Crippen LogP contribution in [0.2, 0.25) is 5.02 Å². The van der Waals surface area contributed by atoms with Crippen LogP contribution >= 0.6 is 11.6 Å². The number of nitrogens with zero attached hydrogens (tertiary/aromatic N) is 2. The van der Waals surface area contributed by atoms with Gasteiger partial charge in [-0.15, -0.1) is 0 Å². The number of nitro groups is 1. The van der Waals surface area contributed by atoms with Gasteiger partial charge in [-0.25, -0.2) is 0 Å². The number of nitro benzene ring substituents is 1. The Bertz CT molecular complexity index is 832. The van der Waals surface area contributed by atoms with Crippen molar-refractivity contribution in [2.45, 2.75) is 13.0 Å². The molecule has 0 unspecified atom stereocenters. The van der Waals surface area contributed by atoms with Crippen molar-refractivity contribution in [3.05, 3.63) is 63.2 Å². The Morgan fingerprint density at radius 2 is 2.12 bits per heavy atom. The maximum absolute atomic E-state index is 12.1. The number of hydrogen-bond donors (Lipinski definition) is 1. The number of carbonyl (C=O) groups is 1. The molecule has 1 amide bonds. The van der Waals surface area contributed by atoms with Gasteiger partial charge < -0.3 is 10.1 Å². The number of rotatable bonds is 5. The Kier molecular flexibility index (Phi) is 5.35. The van der Waals surface area contributed by atoms with E-state index in [0.29, 0.717) is 11.3 Å². The van der Waals surface area contributed by atoms with Gasteiger partial charge in [0, 0.05) is 11.8 Å². The number of benzene rings is 2. The lowest BCUT2D eigenvalue weighted by Gasteiger charge is -2.15. The maximum Gasteiger partial charge on any atom is 0.273 e. The fourth-order valence-electron chi connectivity index (χ4n) is 1.86. The third-order valence-electron chi connectivity index (χ3n) is 3.07. The van der Waals surface area contributed by atoms with Crippen molar-refractivity contribution in [2.24, 2.45) is 0 Å². The molecule has 1 N–H and O–H groups in total. The normalized spacial score (nSPS) is 11.2. The minimum absolute atomic E-state index is 0.126. The van der Waals surface area contributed by atoms with E-state index >= 15 is 0 Å². The number of nitriles is 1. The molecule has 8 heteroatoms. The number of non-ortho nitro benzene ring substituents is 1. The second-order valence-corrected chi connectivity index (χ2v) is 5.22. The summed E-state index contributed by atoms with van der Waals surface area (Å²) in [6, 6.07) is 12.0. The highest BCUT2D eigenvalue weighted by atomic mass is 35.5. The summed E-state index contributed by atoms with van der Waals surface area (Å²) in [6.07, 6.45) is -0.888. The van der Waals surface area contributed by atoms with Gasteiger partial charge in [0.1, 0.15) is 11.8 Å². The van der Waals surface area contributed by atoms with Crippen LogP contribution in [0.1, 0.15) is 12.5 Å². The van der Waals surface area contributed by atoms with Gasteiger partial charge in [0.25, 0.3) is 11.6 Å². The molecule has 0 bridgehead atoms. The summed E-state index contributed by atoms with van der Waals surface area (Å²) < 4.78 is 5.41. The Hall–Kier alpha value is -3.11. The van der Waals surface area contributed by atoms with Crippen LogP contribution in [0.5, 0.6) is 5.75 Å². The van der Waals surface area contributed by atoms with Crippen molar-refractivity contribution in [3.63, 3.8) is 0 Å². The molecule has 0 saturated heterocycles. The molecule has 0 aliphatic rings. The summed E-state index contributed by atoms with van der Waals surface area (Å²) >= 11 is 5.90. The second-order valence-electron chi connectivity index (χ2n) is 4.81. The number of ether oxygens (including phenoxy) is 1. The fraction of sp³-hybridized carbons (Fsp3) is 0.125. The van der Waals surface area contributed by atoms with Crippen molar-refractivity contribution in [1.29, 1.82) is 5.26 Å². The first-order valence-corrected chi connectivity index (χ1v) is 7.20. The molecule has 0 spiro atoms. The molecule has 2 rings (SSSR count). The van der Waals surface area contributed by atoms with E-state index in [2.05, 4.69) is 5.32 Å². The molecule has 0 fully saturated rings. The molecule has 0 aliphatic carbocycles. The van der Waals surface area contributed by atoms with Gasteiger partial charge in [-0.05, 0) is 31.2 Å². The number of carbonyl (C=O) groups excluding carboxylic acids is 1. The monoisotopic (exact) mass is 345 g/mol. The minimum atomic E-state index is -0.888. The highest BCUT2D eigenvalue weighted by Crippen LogP contribution is 2.22. The first kappa shape index (κ1) is 17.2. The Morgan fingerprint density at radius 1 is 1.38 bits per heavy atom. The van der Waals surface area contributed by atoms with Gasteiger partial charge in [0.2, 0.25) is 0 Å².